The summed E-state index contributed by atoms with van der Waals surface area (Å²) < 4.78 is 0. The molecule has 0 bridgehead atoms. The van der Waals surface area contributed by atoms with Crippen LogP contribution in [-0.4, -0.2) is 58.4 Å². The van der Waals surface area contributed by atoms with Crippen molar-refractivity contribution in [2.75, 3.05) is 19.6 Å². The molecule has 24 heavy (non-hydrogen) atoms. The summed E-state index contributed by atoms with van der Waals surface area (Å²) in [4.78, 5) is 32.2. The lowest BCUT2D eigenvalue weighted by Gasteiger charge is -2.33. The summed E-state index contributed by atoms with van der Waals surface area (Å²) >= 11 is 0. The number of likely N-dealkylation sites (tertiary alicyclic amines) is 2. The molecule has 3 rings (SSSR count). The first-order valence-corrected chi connectivity index (χ1v) is 8.79. The third-order valence-electron chi connectivity index (χ3n) is 5.07. The van der Waals surface area contributed by atoms with Gasteiger partial charge in [-0.1, -0.05) is 0 Å². The Bertz CT molecular complexity index is 582. The van der Waals surface area contributed by atoms with E-state index in [2.05, 4.69) is 22.4 Å². The molecule has 0 aliphatic carbocycles. The van der Waals surface area contributed by atoms with E-state index in [1.807, 2.05) is 36.0 Å². The van der Waals surface area contributed by atoms with Crippen molar-refractivity contribution in [2.24, 2.45) is 0 Å². The Morgan fingerprint density at radius 1 is 1.25 bits per heavy atom. The van der Waals surface area contributed by atoms with Crippen LogP contribution in [0.2, 0.25) is 0 Å². The minimum absolute atomic E-state index is 0.0356. The van der Waals surface area contributed by atoms with Crippen LogP contribution in [0.1, 0.15) is 44.6 Å². The van der Waals surface area contributed by atoms with Crippen LogP contribution in [0.4, 0.5) is 4.79 Å². The van der Waals surface area contributed by atoms with Gasteiger partial charge in [-0.15, -0.1) is 0 Å². The lowest BCUT2D eigenvalue weighted by Crippen LogP contribution is -2.48. The number of rotatable bonds is 3. The highest BCUT2D eigenvalue weighted by Gasteiger charge is 2.33. The Hall–Kier alpha value is -2.11. The molecule has 2 saturated heterocycles. The number of piperidine rings is 1. The van der Waals surface area contributed by atoms with E-state index in [9.17, 15) is 9.59 Å². The van der Waals surface area contributed by atoms with Crippen LogP contribution in [0, 0.1) is 0 Å². The number of hydrogen-bond acceptors (Lipinski definition) is 3. The molecule has 1 aromatic rings. The first kappa shape index (κ1) is 16.7. The van der Waals surface area contributed by atoms with Crippen molar-refractivity contribution in [2.45, 2.75) is 51.1 Å². The average molecular weight is 330 g/mol. The molecule has 2 fully saturated rings. The third-order valence-corrected chi connectivity index (χ3v) is 5.07. The maximum Gasteiger partial charge on any atom is 0.317 e. The van der Waals surface area contributed by atoms with Crippen molar-refractivity contribution < 1.29 is 9.59 Å². The largest absolute Gasteiger partial charge is 0.338 e. The summed E-state index contributed by atoms with van der Waals surface area (Å²) in [5.41, 5.74) is 1.30. The van der Waals surface area contributed by atoms with Gasteiger partial charge < -0.3 is 15.1 Å². The lowest BCUT2D eigenvalue weighted by atomic mass is 9.90. The Balaban J connectivity index is 1.48. The molecule has 1 aromatic heterocycles. The summed E-state index contributed by atoms with van der Waals surface area (Å²) in [6.07, 6.45) is 6.01. The summed E-state index contributed by atoms with van der Waals surface area (Å²) in [5, 5.41) is 3.03. The third kappa shape index (κ3) is 3.68. The van der Waals surface area contributed by atoms with E-state index in [4.69, 9.17) is 0 Å². The zero-order valence-corrected chi connectivity index (χ0v) is 14.4. The van der Waals surface area contributed by atoms with Crippen molar-refractivity contribution in [3.05, 3.63) is 30.1 Å². The molecule has 1 atom stereocenters. The van der Waals surface area contributed by atoms with Gasteiger partial charge in [0, 0.05) is 44.5 Å². The van der Waals surface area contributed by atoms with Crippen molar-refractivity contribution >= 4 is 11.9 Å². The van der Waals surface area contributed by atoms with Gasteiger partial charge in [0.05, 0.1) is 6.04 Å². The number of nitrogens with one attached hydrogen (secondary N) is 1. The van der Waals surface area contributed by atoms with Gasteiger partial charge in [-0.25, -0.2) is 4.79 Å². The smallest absolute Gasteiger partial charge is 0.317 e. The number of pyridine rings is 1. The number of nitrogens with zero attached hydrogens (tertiary/aromatic N) is 3. The fourth-order valence-electron chi connectivity index (χ4n) is 3.64. The highest BCUT2D eigenvalue weighted by molar-refractivity contribution is 5.82. The SMILES string of the molecule is CC(C)N1CC(NC(=O)N2CCC(c3ccncc3)CC2)CC1=O. The van der Waals surface area contributed by atoms with Crippen molar-refractivity contribution in [1.82, 2.24) is 20.1 Å². The van der Waals surface area contributed by atoms with Gasteiger partial charge in [-0.05, 0) is 50.3 Å². The predicted molar refractivity (Wildman–Crippen MR) is 91.6 cm³/mol. The van der Waals surface area contributed by atoms with Gasteiger partial charge in [0.15, 0.2) is 0 Å². The Kier molecular flexibility index (Phi) is 5.02. The average Bonchev–Trinajstić information content (AvgIpc) is 2.96. The normalized spacial score (nSPS) is 22.3. The number of carbonyl (C=O) groups is 2. The molecular formula is C18H26N4O2. The molecule has 0 aromatic carbocycles. The summed E-state index contributed by atoms with van der Waals surface area (Å²) in [6.45, 7) is 6.15. The Labute approximate surface area is 143 Å². The molecule has 2 aliphatic heterocycles. The molecule has 6 nitrogen and oxygen atoms in total. The summed E-state index contributed by atoms with van der Waals surface area (Å²) in [5.74, 6) is 0.633. The topological polar surface area (TPSA) is 65.5 Å². The molecule has 3 amide bonds. The molecule has 130 valence electrons. The monoisotopic (exact) mass is 330 g/mol. The van der Waals surface area contributed by atoms with Crippen LogP contribution in [0.3, 0.4) is 0 Å². The van der Waals surface area contributed by atoms with Gasteiger partial charge in [-0.2, -0.15) is 0 Å². The lowest BCUT2D eigenvalue weighted by molar-refractivity contribution is -0.129. The number of carbonyl (C=O) groups excluding carboxylic acids is 2. The number of aromatic nitrogens is 1. The second kappa shape index (κ2) is 7.20. The molecule has 0 spiro atoms. The standard InChI is InChI=1S/C18H26N4O2/c1-13(2)22-12-16(11-17(22)23)20-18(24)21-9-5-15(6-10-21)14-3-7-19-8-4-14/h3-4,7-8,13,15-16H,5-6,9-12H2,1-2H3,(H,20,24). The maximum absolute atomic E-state index is 12.5. The van der Waals surface area contributed by atoms with E-state index in [1.54, 1.807) is 0 Å². The fourth-order valence-corrected chi connectivity index (χ4v) is 3.64. The quantitative estimate of drug-likeness (QED) is 0.921. The van der Waals surface area contributed by atoms with Crippen molar-refractivity contribution in [3.63, 3.8) is 0 Å². The van der Waals surface area contributed by atoms with E-state index in [-0.39, 0.29) is 24.0 Å². The molecule has 3 heterocycles. The van der Waals surface area contributed by atoms with Gasteiger partial charge in [0.1, 0.15) is 0 Å². The molecular weight excluding hydrogens is 304 g/mol. The number of amides is 3. The number of hydrogen-bond donors (Lipinski definition) is 1. The van der Waals surface area contributed by atoms with Gasteiger partial charge in [-0.3, -0.25) is 9.78 Å². The second-order valence-corrected chi connectivity index (χ2v) is 7.03. The van der Waals surface area contributed by atoms with Crippen molar-refractivity contribution in [3.8, 4) is 0 Å². The van der Waals surface area contributed by atoms with E-state index >= 15 is 0 Å². The first-order valence-electron chi connectivity index (χ1n) is 8.79. The van der Waals surface area contributed by atoms with Crippen LogP contribution < -0.4 is 5.32 Å². The minimum atomic E-state index is -0.0645. The van der Waals surface area contributed by atoms with Crippen LogP contribution in [-0.2, 0) is 4.79 Å². The zero-order valence-electron chi connectivity index (χ0n) is 14.4. The molecule has 1 unspecified atom stereocenters. The van der Waals surface area contributed by atoms with E-state index in [0.29, 0.717) is 18.9 Å². The van der Waals surface area contributed by atoms with Crippen LogP contribution in [0.5, 0.6) is 0 Å². The number of urea groups is 1. The first-order chi connectivity index (χ1) is 11.5. The maximum atomic E-state index is 12.5. The minimum Gasteiger partial charge on any atom is -0.338 e. The fraction of sp³-hybridized carbons (Fsp3) is 0.611. The molecule has 0 radical (unpaired) electrons. The zero-order chi connectivity index (χ0) is 17.1. The second-order valence-electron chi connectivity index (χ2n) is 7.03. The highest BCUT2D eigenvalue weighted by atomic mass is 16.2. The predicted octanol–water partition coefficient (Wildman–Crippen LogP) is 1.98. The molecule has 6 heteroatoms. The van der Waals surface area contributed by atoms with Gasteiger partial charge in [0.2, 0.25) is 5.91 Å². The molecule has 2 aliphatic rings. The highest BCUT2D eigenvalue weighted by Crippen LogP contribution is 2.27. The molecule has 0 saturated carbocycles. The van der Waals surface area contributed by atoms with Crippen LogP contribution in [0.25, 0.3) is 0 Å². The summed E-state index contributed by atoms with van der Waals surface area (Å²) in [6, 6.07) is 4.21. The van der Waals surface area contributed by atoms with Gasteiger partial charge in [0.25, 0.3) is 0 Å². The van der Waals surface area contributed by atoms with Crippen LogP contribution in [0.15, 0.2) is 24.5 Å². The van der Waals surface area contributed by atoms with Gasteiger partial charge >= 0.3 is 6.03 Å². The van der Waals surface area contributed by atoms with E-state index in [0.717, 1.165) is 25.9 Å². The van der Waals surface area contributed by atoms with Crippen molar-refractivity contribution in [1.29, 1.82) is 0 Å². The Morgan fingerprint density at radius 2 is 1.92 bits per heavy atom. The van der Waals surface area contributed by atoms with E-state index in [1.165, 1.54) is 5.56 Å². The summed E-state index contributed by atoms with van der Waals surface area (Å²) in [7, 11) is 0. The van der Waals surface area contributed by atoms with E-state index < -0.39 is 0 Å². The molecule has 1 N–H and O–H groups in total. The van der Waals surface area contributed by atoms with Crippen LogP contribution >= 0.6 is 0 Å². The Morgan fingerprint density at radius 3 is 2.50 bits per heavy atom.